The van der Waals surface area contributed by atoms with Crippen LogP contribution in [0.25, 0.3) is 0 Å². The summed E-state index contributed by atoms with van der Waals surface area (Å²) in [6, 6.07) is 18.5. The number of fused-ring (bicyclic) bond motifs is 1. The smallest absolute Gasteiger partial charge is 0.231 e. The van der Waals surface area contributed by atoms with Crippen LogP contribution in [0.3, 0.4) is 0 Å². The number of piperazine rings is 1. The zero-order chi connectivity index (χ0) is 24.5. The van der Waals surface area contributed by atoms with Crippen molar-refractivity contribution < 1.29 is 18.3 Å². The lowest BCUT2D eigenvalue weighted by Gasteiger charge is -2.40. The highest BCUT2D eigenvalue weighted by molar-refractivity contribution is 5.47. The van der Waals surface area contributed by atoms with Crippen molar-refractivity contribution >= 4 is 5.69 Å². The molecule has 2 aliphatic heterocycles. The minimum atomic E-state index is -0.467. The highest BCUT2D eigenvalue weighted by atomic mass is 19.1. The summed E-state index contributed by atoms with van der Waals surface area (Å²) in [7, 11) is 0. The van der Waals surface area contributed by atoms with Crippen molar-refractivity contribution in [2.24, 2.45) is 0 Å². The third kappa shape index (κ3) is 4.35. The molecule has 184 valence electrons. The van der Waals surface area contributed by atoms with E-state index in [4.69, 9.17) is 9.47 Å². The standard InChI is InChI=1S/C26H24F2N6O2/c27-19-6-8-20(9-7-19)32-11-13-33(14-12-32)25(21-3-1-2-4-22(21)28)26-29-30-31-34(26)16-18-5-10-23-24(15-18)36-17-35-23/h1-10,15,25H,11-14,16-17H2/t25-/m1/s1. The molecule has 10 heteroatoms. The maximum Gasteiger partial charge on any atom is 0.231 e. The lowest BCUT2D eigenvalue weighted by Crippen LogP contribution is -2.48. The van der Waals surface area contributed by atoms with Gasteiger partial charge in [0, 0.05) is 37.4 Å². The molecule has 0 N–H and O–H groups in total. The molecule has 0 unspecified atom stereocenters. The Bertz CT molecular complexity index is 1350. The van der Waals surface area contributed by atoms with Crippen molar-refractivity contribution in [3.05, 3.63) is 95.3 Å². The fourth-order valence-corrected chi connectivity index (χ4v) is 4.82. The summed E-state index contributed by atoms with van der Waals surface area (Å²) in [6.07, 6.45) is 0. The van der Waals surface area contributed by atoms with Crippen LogP contribution in [0.2, 0.25) is 0 Å². The molecule has 0 saturated carbocycles. The number of nitrogens with zero attached hydrogens (tertiary/aromatic N) is 6. The topological polar surface area (TPSA) is 68.5 Å². The van der Waals surface area contributed by atoms with Gasteiger partial charge >= 0.3 is 0 Å². The zero-order valence-electron chi connectivity index (χ0n) is 19.4. The number of hydrogen-bond donors (Lipinski definition) is 0. The number of hydrogen-bond acceptors (Lipinski definition) is 7. The van der Waals surface area contributed by atoms with E-state index in [1.54, 1.807) is 28.9 Å². The molecule has 1 atom stereocenters. The molecule has 0 spiro atoms. The van der Waals surface area contributed by atoms with Gasteiger partial charge in [-0.3, -0.25) is 4.90 Å². The predicted octanol–water partition coefficient (Wildman–Crippen LogP) is 3.64. The molecule has 6 rings (SSSR count). The fourth-order valence-electron chi connectivity index (χ4n) is 4.82. The summed E-state index contributed by atoms with van der Waals surface area (Å²) in [5.74, 6) is 1.39. The van der Waals surface area contributed by atoms with Crippen LogP contribution in [0.5, 0.6) is 11.5 Å². The molecule has 3 aromatic carbocycles. The van der Waals surface area contributed by atoms with Crippen LogP contribution in [-0.4, -0.2) is 58.1 Å². The van der Waals surface area contributed by atoms with Crippen molar-refractivity contribution in [1.29, 1.82) is 0 Å². The van der Waals surface area contributed by atoms with Gasteiger partial charge in [0.1, 0.15) is 17.7 Å². The van der Waals surface area contributed by atoms with E-state index in [1.165, 1.54) is 18.2 Å². The lowest BCUT2D eigenvalue weighted by atomic mass is 10.0. The maximum atomic E-state index is 15.1. The van der Waals surface area contributed by atoms with Gasteiger partial charge in [0.25, 0.3) is 0 Å². The van der Waals surface area contributed by atoms with E-state index in [-0.39, 0.29) is 18.4 Å². The lowest BCUT2D eigenvalue weighted by molar-refractivity contribution is 0.174. The van der Waals surface area contributed by atoms with Crippen molar-refractivity contribution in [3.63, 3.8) is 0 Å². The van der Waals surface area contributed by atoms with Gasteiger partial charge in [-0.05, 0) is 58.5 Å². The van der Waals surface area contributed by atoms with Crippen molar-refractivity contribution in [2.75, 3.05) is 37.9 Å². The Kier molecular flexibility index (Phi) is 5.94. The van der Waals surface area contributed by atoms with Gasteiger partial charge in [-0.1, -0.05) is 24.3 Å². The normalized spacial score (nSPS) is 16.3. The van der Waals surface area contributed by atoms with E-state index in [9.17, 15) is 4.39 Å². The Morgan fingerprint density at radius 2 is 1.64 bits per heavy atom. The molecule has 0 bridgehead atoms. The number of halogens is 2. The second kappa shape index (κ2) is 9.54. The first-order chi connectivity index (χ1) is 17.7. The largest absolute Gasteiger partial charge is 0.454 e. The van der Waals surface area contributed by atoms with E-state index >= 15 is 4.39 Å². The molecule has 4 aromatic rings. The Morgan fingerprint density at radius 1 is 0.861 bits per heavy atom. The van der Waals surface area contributed by atoms with Crippen LogP contribution in [0.15, 0.2) is 66.7 Å². The van der Waals surface area contributed by atoms with E-state index in [2.05, 4.69) is 25.3 Å². The van der Waals surface area contributed by atoms with Gasteiger partial charge in [0.05, 0.1) is 6.54 Å². The van der Waals surface area contributed by atoms with Gasteiger partial charge in [-0.15, -0.1) is 5.10 Å². The van der Waals surface area contributed by atoms with Gasteiger partial charge in [0.15, 0.2) is 17.3 Å². The molecule has 1 aromatic heterocycles. The summed E-state index contributed by atoms with van der Waals surface area (Å²) in [4.78, 5) is 4.39. The minimum absolute atomic E-state index is 0.203. The van der Waals surface area contributed by atoms with E-state index < -0.39 is 6.04 Å². The molecule has 0 aliphatic carbocycles. The first kappa shape index (κ1) is 22.4. The summed E-state index contributed by atoms with van der Waals surface area (Å²) >= 11 is 0. The van der Waals surface area contributed by atoms with Gasteiger partial charge in [0.2, 0.25) is 6.79 Å². The molecule has 8 nitrogen and oxygen atoms in total. The van der Waals surface area contributed by atoms with Crippen LogP contribution in [0.1, 0.15) is 23.0 Å². The van der Waals surface area contributed by atoms with Crippen LogP contribution >= 0.6 is 0 Å². The highest BCUT2D eigenvalue weighted by Gasteiger charge is 2.32. The first-order valence-corrected chi connectivity index (χ1v) is 11.8. The summed E-state index contributed by atoms with van der Waals surface area (Å²) in [5, 5.41) is 12.5. The molecule has 2 aliphatic rings. The molecule has 1 saturated heterocycles. The summed E-state index contributed by atoms with van der Waals surface area (Å²) < 4.78 is 41.1. The van der Waals surface area contributed by atoms with E-state index in [0.717, 1.165) is 11.3 Å². The maximum absolute atomic E-state index is 15.1. The molecular formula is C26H24F2N6O2. The predicted molar refractivity (Wildman–Crippen MR) is 128 cm³/mol. The van der Waals surface area contributed by atoms with Crippen LogP contribution in [0.4, 0.5) is 14.5 Å². The van der Waals surface area contributed by atoms with Gasteiger partial charge in [-0.2, -0.15) is 0 Å². The number of anilines is 1. The SMILES string of the molecule is Fc1ccc(N2CCN([C@H](c3ccccc3F)c3nnnn3Cc3ccc4c(c3)OCO4)CC2)cc1. The van der Waals surface area contributed by atoms with Gasteiger partial charge in [-0.25, -0.2) is 13.5 Å². The zero-order valence-corrected chi connectivity index (χ0v) is 19.4. The number of rotatable bonds is 6. The molecular weight excluding hydrogens is 466 g/mol. The Hall–Kier alpha value is -4.05. The average molecular weight is 491 g/mol. The highest BCUT2D eigenvalue weighted by Crippen LogP contribution is 2.34. The third-order valence-corrected chi connectivity index (χ3v) is 6.64. The van der Waals surface area contributed by atoms with Crippen LogP contribution < -0.4 is 14.4 Å². The fraction of sp³-hybridized carbons (Fsp3) is 0.269. The molecule has 3 heterocycles. The average Bonchev–Trinajstić information content (AvgIpc) is 3.56. The van der Waals surface area contributed by atoms with Crippen LogP contribution in [-0.2, 0) is 6.54 Å². The molecule has 1 fully saturated rings. The van der Waals surface area contributed by atoms with E-state index in [1.807, 2.05) is 24.3 Å². The minimum Gasteiger partial charge on any atom is -0.454 e. The number of aromatic nitrogens is 4. The van der Waals surface area contributed by atoms with Crippen molar-refractivity contribution in [3.8, 4) is 11.5 Å². The Labute approximate surface area is 206 Å². The van der Waals surface area contributed by atoms with E-state index in [0.29, 0.717) is 55.6 Å². The van der Waals surface area contributed by atoms with Crippen molar-refractivity contribution in [2.45, 2.75) is 12.6 Å². The summed E-state index contributed by atoms with van der Waals surface area (Å²) in [6.45, 7) is 3.34. The van der Waals surface area contributed by atoms with Crippen molar-refractivity contribution in [1.82, 2.24) is 25.1 Å². The quantitative estimate of drug-likeness (QED) is 0.409. The molecule has 0 amide bonds. The monoisotopic (exact) mass is 490 g/mol. The molecule has 36 heavy (non-hydrogen) atoms. The first-order valence-electron chi connectivity index (χ1n) is 11.8. The molecule has 0 radical (unpaired) electrons. The second-order valence-electron chi connectivity index (χ2n) is 8.81. The number of benzene rings is 3. The van der Waals surface area contributed by atoms with Gasteiger partial charge < -0.3 is 14.4 Å². The van der Waals surface area contributed by atoms with Crippen LogP contribution in [0, 0.1) is 11.6 Å². The second-order valence-corrected chi connectivity index (χ2v) is 8.81. The number of tetrazole rings is 1. The third-order valence-electron chi connectivity index (χ3n) is 6.64. The Balaban J connectivity index is 1.28. The summed E-state index contributed by atoms with van der Waals surface area (Å²) in [5.41, 5.74) is 2.43. The Morgan fingerprint density at radius 3 is 2.44 bits per heavy atom. The number of ether oxygens (including phenoxy) is 2.